The molecule has 1 saturated heterocycles. The summed E-state index contributed by atoms with van der Waals surface area (Å²) in [7, 11) is 1.41. The molecule has 7 nitrogen and oxygen atoms in total. The average molecular weight is 374 g/mol. The summed E-state index contributed by atoms with van der Waals surface area (Å²) in [5.74, 6) is -0.384. The van der Waals surface area contributed by atoms with Gasteiger partial charge in [0.25, 0.3) is 0 Å². The second kappa shape index (κ2) is 7.08. The molecule has 1 atom stereocenters. The predicted molar refractivity (Wildman–Crippen MR) is 96.0 cm³/mol. The van der Waals surface area contributed by atoms with E-state index in [2.05, 4.69) is 5.43 Å². The number of nitrogens with zero attached hydrogens (tertiary/aromatic N) is 3. The first kappa shape index (κ1) is 19.0. The van der Waals surface area contributed by atoms with Crippen molar-refractivity contribution in [1.29, 1.82) is 5.26 Å². The minimum absolute atomic E-state index is 0.0163. The molecule has 0 aromatic heterocycles. The Morgan fingerprint density at radius 2 is 2.19 bits per heavy atom. The molecule has 0 radical (unpaired) electrons. The van der Waals surface area contributed by atoms with Crippen LogP contribution in [0.3, 0.4) is 0 Å². The number of fused-ring (bicyclic) bond motifs is 1. The summed E-state index contributed by atoms with van der Waals surface area (Å²) < 4.78 is 24.6. The van der Waals surface area contributed by atoms with E-state index in [9.17, 15) is 9.18 Å². The zero-order valence-corrected chi connectivity index (χ0v) is 15.9. The molecule has 144 valence electrons. The van der Waals surface area contributed by atoms with Crippen LogP contribution >= 0.6 is 0 Å². The van der Waals surface area contributed by atoms with Gasteiger partial charge in [-0.1, -0.05) is 0 Å². The number of likely N-dealkylation sites (tertiary alicyclic amines) is 1. The molecule has 1 aromatic carbocycles. The van der Waals surface area contributed by atoms with E-state index < -0.39 is 11.4 Å². The molecule has 0 spiro atoms. The average Bonchev–Trinajstić information content (AvgIpc) is 3.11. The topological polar surface area (TPSA) is 77.8 Å². The van der Waals surface area contributed by atoms with Crippen LogP contribution in [0.4, 0.5) is 9.18 Å². The first-order valence-corrected chi connectivity index (χ1v) is 8.68. The van der Waals surface area contributed by atoms with Gasteiger partial charge in [-0.2, -0.15) is 5.26 Å². The molecule has 2 heterocycles. The first-order valence-electron chi connectivity index (χ1n) is 8.68. The van der Waals surface area contributed by atoms with Crippen LogP contribution < -0.4 is 10.2 Å². The lowest BCUT2D eigenvalue weighted by Crippen LogP contribution is -2.41. The van der Waals surface area contributed by atoms with Crippen LogP contribution in [0.15, 0.2) is 23.9 Å². The zero-order valence-electron chi connectivity index (χ0n) is 15.9. The van der Waals surface area contributed by atoms with Crippen LogP contribution in [0.2, 0.25) is 0 Å². The summed E-state index contributed by atoms with van der Waals surface area (Å²) in [5.41, 5.74) is 4.42. The summed E-state index contributed by atoms with van der Waals surface area (Å²) in [5, 5.41) is 10.9. The molecule has 0 saturated carbocycles. The molecule has 0 aliphatic carbocycles. The Bertz CT molecular complexity index is 825. The molecule has 27 heavy (non-hydrogen) atoms. The zero-order chi connectivity index (χ0) is 19.8. The normalized spacial score (nSPS) is 18.8. The Hall–Kier alpha value is -2.79. The third-order valence-corrected chi connectivity index (χ3v) is 4.32. The SMILES string of the molecule is COc1cc(CN2C=C3CN(C(=O)OC(C)(C)C)CC3N2)cc(F)c1C#N. The van der Waals surface area contributed by atoms with Crippen LogP contribution in [0.5, 0.6) is 5.75 Å². The first-order chi connectivity index (χ1) is 12.7. The van der Waals surface area contributed by atoms with Crippen molar-refractivity contribution >= 4 is 6.09 Å². The van der Waals surface area contributed by atoms with Gasteiger partial charge in [0.2, 0.25) is 0 Å². The molecule has 8 heteroatoms. The minimum atomic E-state index is -0.602. The van der Waals surface area contributed by atoms with Crippen LogP contribution in [0.25, 0.3) is 0 Å². The maximum Gasteiger partial charge on any atom is 0.410 e. The summed E-state index contributed by atoms with van der Waals surface area (Å²) in [6.07, 6.45) is 1.60. The number of ether oxygens (including phenoxy) is 2. The van der Waals surface area contributed by atoms with Crippen LogP contribution in [-0.4, -0.2) is 47.8 Å². The third-order valence-electron chi connectivity index (χ3n) is 4.32. The van der Waals surface area contributed by atoms with E-state index in [1.54, 1.807) is 11.0 Å². The number of benzene rings is 1. The Morgan fingerprint density at radius 1 is 1.44 bits per heavy atom. The Balaban J connectivity index is 1.66. The molecule has 3 rings (SSSR count). The Morgan fingerprint density at radius 3 is 2.78 bits per heavy atom. The summed E-state index contributed by atoms with van der Waals surface area (Å²) in [4.78, 5) is 13.8. The number of amides is 1. The number of carbonyl (C=O) groups excluding carboxylic acids is 1. The highest BCUT2D eigenvalue weighted by atomic mass is 19.1. The van der Waals surface area contributed by atoms with E-state index in [1.807, 2.05) is 38.0 Å². The van der Waals surface area contributed by atoms with Crippen molar-refractivity contribution in [2.45, 2.75) is 39.0 Å². The number of hydrogen-bond acceptors (Lipinski definition) is 6. The van der Waals surface area contributed by atoms with Crippen molar-refractivity contribution in [1.82, 2.24) is 15.3 Å². The van der Waals surface area contributed by atoms with Crippen LogP contribution in [0, 0.1) is 17.1 Å². The van der Waals surface area contributed by atoms with E-state index in [0.717, 1.165) is 5.57 Å². The van der Waals surface area contributed by atoms with Gasteiger partial charge in [-0.3, -0.25) is 0 Å². The van der Waals surface area contributed by atoms with Crippen LogP contribution in [-0.2, 0) is 11.3 Å². The van der Waals surface area contributed by atoms with E-state index in [0.29, 0.717) is 25.2 Å². The van der Waals surface area contributed by atoms with E-state index in [-0.39, 0.29) is 23.4 Å². The van der Waals surface area contributed by atoms with E-state index in [1.165, 1.54) is 13.2 Å². The van der Waals surface area contributed by atoms with Gasteiger partial charge >= 0.3 is 6.09 Å². The largest absolute Gasteiger partial charge is 0.495 e. The van der Waals surface area contributed by atoms with Crippen molar-refractivity contribution < 1.29 is 18.7 Å². The lowest BCUT2D eigenvalue weighted by Gasteiger charge is -2.25. The molecule has 2 aliphatic heterocycles. The Labute approximate surface area is 157 Å². The fraction of sp³-hybridized carbons (Fsp3) is 0.474. The monoisotopic (exact) mass is 374 g/mol. The highest BCUT2D eigenvalue weighted by Crippen LogP contribution is 2.27. The van der Waals surface area contributed by atoms with Gasteiger partial charge in [0.15, 0.2) is 0 Å². The molecule has 1 N–H and O–H groups in total. The fourth-order valence-corrected chi connectivity index (χ4v) is 3.17. The quantitative estimate of drug-likeness (QED) is 0.876. The fourth-order valence-electron chi connectivity index (χ4n) is 3.17. The molecular formula is C19H23FN4O3. The summed E-state index contributed by atoms with van der Waals surface area (Å²) in [6.45, 7) is 6.94. The second-order valence-corrected chi connectivity index (χ2v) is 7.64. The summed E-state index contributed by atoms with van der Waals surface area (Å²) >= 11 is 0. The number of hydrazine groups is 1. The molecule has 1 amide bonds. The van der Waals surface area contributed by atoms with Crippen molar-refractivity contribution in [3.8, 4) is 11.8 Å². The molecule has 2 aliphatic rings. The lowest BCUT2D eigenvalue weighted by molar-refractivity contribution is 0.0286. The number of methoxy groups -OCH3 is 1. The van der Waals surface area contributed by atoms with Gasteiger partial charge in [0, 0.05) is 19.3 Å². The standard InChI is InChI=1S/C19H23FN4O3/c1-19(2,3)27-18(25)23-9-13-10-24(22-16(13)11-23)8-12-5-15(20)14(7-21)17(6-12)26-4/h5-6,10,16,22H,8-9,11H2,1-4H3. The molecule has 1 unspecified atom stereocenters. The van der Waals surface area contributed by atoms with Crippen molar-refractivity contribution in [2.24, 2.45) is 0 Å². The van der Waals surface area contributed by atoms with Crippen LogP contribution in [0.1, 0.15) is 31.9 Å². The maximum absolute atomic E-state index is 14.1. The number of rotatable bonds is 3. The van der Waals surface area contributed by atoms with Crippen molar-refractivity contribution in [2.75, 3.05) is 20.2 Å². The predicted octanol–water partition coefficient (Wildman–Crippen LogP) is 2.53. The number of nitrogens with one attached hydrogen (secondary N) is 1. The maximum atomic E-state index is 14.1. The number of carbonyl (C=O) groups is 1. The molecule has 1 aromatic rings. The second-order valence-electron chi connectivity index (χ2n) is 7.64. The number of nitriles is 1. The molecule has 1 fully saturated rings. The van der Waals surface area contributed by atoms with Gasteiger partial charge < -0.3 is 19.4 Å². The number of halogens is 1. The molecule has 0 bridgehead atoms. The van der Waals surface area contributed by atoms with Gasteiger partial charge in [-0.25, -0.2) is 14.6 Å². The summed E-state index contributed by atoms with van der Waals surface area (Å²) in [6, 6.07) is 4.82. The van der Waals surface area contributed by atoms with Gasteiger partial charge in [-0.15, -0.1) is 0 Å². The Kier molecular flexibility index (Phi) is 4.98. The highest BCUT2D eigenvalue weighted by Gasteiger charge is 2.37. The van der Waals surface area contributed by atoms with E-state index in [4.69, 9.17) is 14.7 Å². The van der Waals surface area contributed by atoms with Gasteiger partial charge in [-0.05, 0) is 44.0 Å². The van der Waals surface area contributed by atoms with Gasteiger partial charge in [0.05, 0.1) is 19.7 Å². The third kappa shape index (κ3) is 4.14. The van der Waals surface area contributed by atoms with E-state index >= 15 is 0 Å². The highest BCUT2D eigenvalue weighted by molar-refractivity contribution is 5.69. The van der Waals surface area contributed by atoms with Crippen molar-refractivity contribution in [3.05, 3.63) is 40.8 Å². The lowest BCUT2D eigenvalue weighted by atomic mass is 10.1. The molecular weight excluding hydrogens is 351 g/mol. The smallest absolute Gasteiger partial charge is 0.410 e. The van der Waals surface area contributed by atoms with Crippen molar-refractivity contribution in [3.63, 3.8) is 0 Å². The minimum Gasteiger partial charge on any atom is -0.495 e. The number of hydrogen-bond donors (Lipinski definition) is 1. The van der Waals surface area contributed by atoms with Gasteiger partial charge in [0.1, 0.15) is 28.8 Å².